The second kappa shape index (κ2) is 9.75. The van der Waals surface area contributed by atoms with Gasteiger partial charge in [0.15, 0.2) is 5.75 Å². The molecule has 1 N–H and O–H groups in total. The molecule has 21 heavy (non-hydrogen) atoms. The summed E-state index contributed by atoms with van der Waals surface area (Å²) in [6.07, 6.45) is 2.58. The summed E-state index contributed by atoms with van der Waals surface area (Å²) in [4.78, 5) is 2.45. The molecule has 6 heteroatoms. The van der Waals surface area contributed by atoms with Crippen molar-refractivity contribution >= 4 is 35.6 Å². The largest absolute Gasteiger partial charge is 0.489 e. The van der Waals surface area contributed by atoms with Crippen LogP contribution in [0.15, 0.2) is 18.2 Å². The van der Waals surface area contributed by atoms with E-state index < -0.39 is 0 Å². The summed E-state index contributed by atoms with van der Waals surface area (Å²) in [6.45, 7) is 4.92. The zero-order valence-corrected chi connectivity index (χ0v) is 14.6. The topological polar surface area (TPSA) is 24.5 Å². The van der Waals surface area contributed by atoms with Gasteiger partial charge in [-0.2, -0.15) is 0 Å². The molecule has 1 aliphatic heterocycles. The molecule has 120 valence electrons. The molecule has 0 bridgehead atoms. The Kier molecular flexibility index (Phi) is 8.76. The van der Waals surface area contributed by atoms with Crippen molar-refractivity contribution in [2.75, 3.05) is 39.8 Å². The van der Waals surface area contributed by atoms with E-state index in [-0.39, 0.29) is 12.4 Å². The molecule has 1 heterocycles. The molecule has 1 saturated heterocycles. The minimum absolute atomic E-state index is 0. The van der Waals surface area contributed by atoms with E-state index in [1.807, 2.05) is 13.1 Å². The van der Waals surface area contributed by atoms with Crippen LogP contribution < -0.4 is 10.1 Å². The average Bonchev–Trinajstić information content (AvgIpc) is 2.43. The number of hydrogen-bond acceptors (Lipinski definition) is 3. The van der Waals surface area contributed by atoms with Gasteiger partial charge in [0.25, 0.3) is 0 Å². The Bertz CT molecular complexity index is 409. The highest BCUT2D eigenvalue weighted by molar-refractivity contribution is 6.37. The summed E-state index contributed by atoms with van der Waals surface area (Å²) < 4.78 is 5.74. The zero-order valence-electron chi connectivity index (χ0n) is 12.3. The lowest BCUT2D eigenvalue weighted by Crippen LogP contribution is -2.40. The van der Waals surface area contributed by atoms with Crippen LogP contribution in [0.5, 0.6) is 5.75 Å². The highest BCUT2D eigenvalue weighted by atomic mass is 35.5. The lowest BCUT2D eigenvalue weighted by molar-refractivity contribution is 0.147. The zero-order chi connectivity index (χ0) is 14.4. The van der Waals surface area contributed by atoms with Gasteiger partial charge in [-0.1, -0.05) is 29.3 Å². The third-order valence-electron chi connectivity index (χ3n) is 3.67. The van der Waals surface area contributed by atoms with E-state index in [2.05, 4.69) is 10.2 Å². The second-order valence-corrected chi connectivity index (χ2v) is 6.08. The van der Waals surface area contributed by atoms with Crippen LogP contribution in [-0.4, -0.2) is 44.7 Å². The third-order valence-corrected chi connectivity index (χ3v) is 4.26. The summed E-state index contributed by atoms with van der Waals surface area (Å²) in [5, 5.41) is 4.41. The van der Waals surface area contributed by atoms with Crippen LogP contribution in [-0.2, 0) is 0 Å². The van der Waals surface area contributed by atoms with Gasteiger partial charge in [0.05, 0.1) is 10.0 Å². The number of ether oxygens (including phenoxy) is 1. The van der Waals surface area contributed by atoms with Gasteiger partial charge in [-0.05, 0) is 51.0 Å². The summed E-state index contributed by atoms with van der Waals surface area (Å²) in [5.41, 5.74) is 0. The second-order valence-electron chi connectivity index (χ2n) is 5.27. The molecule has 0 aromatic heterocycles. The van der Waals surface area contributed by atoms with Gasteiger partial charge in [-0.15, -0.1) is 12.4 Å². The predicted molar refractivity (Wildman–Crippen MR) is 92.3 cm³/mol. The molecule has 1 aromatic rings. The lowest BCUT2D eigenvalue weighted by atomic mass is 9.98. The van der Waals surface area contributed by atoms with E-state index in [4.69, 9.17) is 27.9 Å². The van der Waals surface area contributed by atoms with E-state index in [1.165, 1.54) is 12.8 Å². The standard InChI is InChI=1S/C15H22Cl2N2O.ClH/c1-18-10-12-4-3-7-19(11-12)8-9-20-15-13(16)5-2-6-14(15)17;/h2,5-6,12,18H,3-4,7-11H2,1H3;1H. The maximum Gasteiger partial charge on any atom is 0.156 e. The number of piperidine rings is 1. The van der Waals surface area contributed by atoms with Crippen molar-refractivity contribution in [2.45, 2.75) is 12.8 Å². The van der Waals surface area contributed by atoms with Crippen molar-refractivity contribution in [1.29, 1.82) is 0 Å². The van der Waals surface area contributed by atoms with Crippen LogP contribution in [0.2, 0.25) is 10.0 Å². The number of hydrogen-bond donors (Lipinski definition) is 1. The molecule has 1 unspecified atom stereocenters. The van der Waals surface area contributed by atoms with E-state index >= 15 is 0 Å². The summed E-state index contributed by atoms with van der Waals surface area (Å²) in [5.74, 6) is 1.34. The first kappa shape index (κ1) is 18.9. The lowest BCUT2D eigenvalue weighted by Gasteiger charge is -2.32. The third kappa shape index (κ3) is 5.84. The molecule has 0 spiro atoms. The Morgan fingerprint density at radius 3 is 2.71 bits per heavy atom. The summed E-state index contributed by atoms with van der Waals surface area (Å²) in [6, 6.07) is 5.42. The maximum absolute atomic E-state index is 6.08. The Morgan fingerprint density at radius 1 is 1.33 bits per heavy atom. The van der Waals surface area contributed by atoms with Gasteiger partial charge in [0, 0.05) is 13.1 Å². The Hall–Kier alpha value is -0.190. The number of benzene rings is 1. The van der Waals surface area contributed by atoms with Gasteiger partial charge in [0.2, 0.25) is 0 Å². The van der Waals surface area contributed by atoms with Gasteiger partial charge >= 0.3 is 0 Å². The van der Waals surface area contributed by atoms with E-state index in [0.29, 0.717) is 22.4 Å². The monoisotopic (exact) mass is 352 g/mol. The molecule has 1 fully saturated rings. The van der Waals surface area contributed by atoms with Crippen LogP contribution in [0.1, 0.15) is 12.8 Å². The van der Waals surface area contributed by atoms with E-state index in [9.17, 15) is 0 Å². The van der Waals surface area contributed by atoms with Crippen molar-refractivity contribution in [1.82, 2.24) is 10.2 Å². The molecule has 0 radical (unpaired) electrons. The van der Waals surface area contributed by atoms with Gasteiger partial charge in [-0.3, -0.25) is 4.90 Å². The predicted octanol–water partition coefficient (Wildman–Crippen LogP) is 3.73. The minimum atomic E-state index is 0. The van der Waals surface area contributed by atoms with Crippen LogP contribution in [0, 0.1) is 5.92 Å². The van der Waals surface area contributed by atoms with Crippen molar-refractivity contribution < 1.29 is 4.74 Å². The number of nitrogens with zero attached hydrogens (tertiary/aromatic N) is 1. The SMILES string of the molecule is CNCC1CCCN(CCOc2c(Cl)cccc2Cl)C1.Cl. The van der Waals surface area contributed by atoms with Crippen molar-refractivity contribution in [3.63, 3.8) is 0 Å². The Balaban J connectivity index is 0.00000220. The van der Waals surface area contributed by atoms with Crippen molar-refractivity contribution in [2.24, 2.45) is 5.92 Å². The number of halogens is 3. The highest BCUT2D eigenvalue weighted by Gasteiger charge is 2.19. The quantitative estimate of drug-likeness (QED) is 0.843. The van der Waals surface area contributed by atoms with Crippen molar-refractivity contribution in [3.8, 4) is 5.75 Å². The summed E-state index contributed by atoms with van der Waals surface area (Å²) >= 11 is 12.2. The van der Waals surface area contributed by atoms with Gasteiger partial charge in [-0.25, -0.2) is 0 Å². The smallest absolute Gasteiger partial charge is 0.156 e. The van der Waals surface area contributed by atoms with Crippen LogP contribution >= 0.6 is 35.6 Å². The van der Waals surface area contributed by atoms with Crippen LogP contribution in [0.3, 0.4) is 0 Å². The highest BCUT2D eigenvalue weighted by Crippen LogP contribution is 2.32. The Labute approximate surface area is 143 Å². The number of para-hydroxylation sites is 1. The fraction of sp³-hybridized carbons (Fsp3) is 0.600. The molecule has 2 rings (SSSR count). The molecule has 1 atom stereocenters. The number of nitrogens with one attached hydrogen (secondary N) is 1. The van der Waals surface area contributed by atoms with Crippen LogP contribution in [0.4, 0.5) is 0 Å². The first-order valence-corrected chi connectivity index (χ1v) is 7.90. The maximum atomic E-state index is 6.08. The Morgan fingerprint density at radius 2 is 2.05 bits per heavy atom. The molecule has 1 aromatic carbocycles. The number of likely N-dealkylation sites (tertiary alicyclic amines) is 1. The molecule has 0 aliphatic carbocycles. The van der Waals surface area contributed by atoms with E-state index in [1.54, 1.807) is 12.1 Å². The van der Waals surface area contributed by atoms with E-state index in [0.717, 1.165) is 32.1 Å². The summed E-state index contributed by atoms with van der Waals surface area (Å²) in [7, 11) is 2.02. The molecular formula is C15H23Cl3N2O. The normalized spacial score (nSPS) is 19.1. The number of rotatable bonds is 6. The molecular weight excluding hydrogens is 331 g/mol. The molecule has 1 aliphatic rings. The van der Waals surface area contributed by atoms with Gasteiger partial charge in [0.1, 0.15) is 6.61 Å². The van der Waals surface area contributed by atoms with Gasteiger partial charge < -0.3 is 10.1 Å². The minimum Gasteiger partial charge on any atom is -0.489 e. The van der Waals surface area contributed by atoms with Crippen molar-refractivity contribution in [3.05, 3.63) is 28.2 Å². The molecule has 0 saturated carbocycles. The first-order chi connectivity index (χ1) is 9.70. The molecule has 3 nitrogen and oxygen atoms in total. The molecule has 0 amide bonds. The fourth-order valence-electron chi connectivity index (χ4n) is 2.71. The fourth-order valence-corrected chi connectivity index (χ4v) is 3.21. The first-order valence-electron chi connectivity index (χ1n) is 7.14. The average molecular weight is 354 g/mol. The van der Waals surface area contributed by atoms with Crippen LogP contribution in [0.25, 0.3) is 0 Å².